The molecule has 0 atom stereocenters. The molecule has 0 unspecified atom stereocenters. The van der Waals surface area contributed by atoms with E-state index in [1.54, 1.807) is 0 Å². The Bertz CT molecular complexity index is 977. The van der Waals surface area contributed by atoms with Crippen molar-refractivity contribution in [3.8, 4) is 5.69 Å². The van der Waals surface area contributed by atoms with E-state index in [0.29, 0.717) is 24.2 Å². The molecule has 3 aromatic rings. The fraction of sp³-hybridized carbons (Fsp3) is 0.474. The zero-order valence-electron chi connectivity index (χ0n) is 15.6. The minimum Gasteiger partial charge on any atom is -0.339 e. The summed E-state index contributed by atoms with van der Waals surface area (Å²) in [5.74, 6) is 4.22. The third kappa shape index (κ3) is 3.43. The van der Waals surface area contributed by atoms with Gasteiger partial charge < -0.3 is 9.84 Å². The fourth-order valence-corrected chi connectivity index (χ4v) is 4.47. The average Bonchev–Trinajstić information content (AvgIpc) is 3.25. The van der Waals surface area contributed by atoms with Gasteiger partial charge in [-0.25, -0.2) is 0 Å². The van der Waals surface area contributed by atoms with Crippen LogP contribution >= 0.6 is 24.0 Å². The van der Waals surface area contributed by atoms with E-state index < -0.39 is 0 Å². The van der Waals surface area contributed by atoms with Crippen molar-refractivity contribution in [2.75, 3.05) is 0 Å². The smallest absolute Gasteiger partial charge is 0.229 e. The molecule has 1 aliphatic carbocycles. The van der Waals surface area contributed by atoms with Gasteiger partial charge in [-0.05, 0) is 56.4 Å². The Kier molecular flexibility index (Phi) is 5.40. The third-order valence-corrected chi connectivity index (χ3v) is 5.86. The van der Waals surface area contributed by atoms with Gasteiger partial charge in [0.1, 0.15) is 5.82 Å². The highest BCUT2D eigenvalue weighted by atomic mass is 35.5. The van der Waals surface area contributed by atoms with Crippen LogP contribution in [0.15, 0.2) is 22.7 Å². The molecule has 1 fully saturated rings. The van der Waals surface area contributed by atoms with E-state index in [-0.39, 0.29) is 12.4 Å². The number of aromatic nitrogens is 5. The summed E-state index contributed by atoms with van der Waals surface area (Å²) in [6, 6.07) is 6.04. The Morgan fingerprint density at radius 1 is 1.11 bits per heavy atom. The summed E-state index contributed by atoms with van der Waals surface area (Å²) in [6.45, 7) is 3.35. The summed E-state index contributed by atoms with van der Waals surface area (Å²) >= 11 is 6.21. The molecule has 7 nitrogen and oxygen atoms in total. The normalized spacial score (nSPS) is 21.4. The molecule has 0 bridgehead atoms. The predicted octanol–water partition coefficient (Wildman–Crippen LogP) is 4.08. The summed E-state index contributed by atoms with van der Waals surface area (Å²) in [4.78, 5) is 4.41. The molecule has 1 aliphatic heterocycles. The van der Waals surface area contributed by atoms with E-state index in [4.69, 9.17) is 16.1 Å². The zero-order chi connectivity index (χ0) is 18.4. The predicted molar refractivity (Wildman–Crippen MR) is 107 cm³/mol. The van der Waals surface area contributed by atoms with E-state index >= 15 is 0 Å². The SMILES string of the molecule is Cc1noc(C2CCC(c3nnc4n3-c3ccc(Cl)cc3CNC4)CC2)n1.Cl. The molecule has 5 rings (SSSR count). The molecule has 2 aromatic heterocycles. The summed E-state index contributed by atoms with van der Waals surface area (Å²) in [7, 11) is 0. The van der Waals surface area contributed by atoms with Gasteiger partial charge in [0.25, 0.3) is 0 Å². The van der Waals surface area contributed by atoms with E-state index in [0.717, 1.165) is 60.5 Å². The van der Waals surface area contributed by atoms with Crippen molar-refractivity contribution < 1.29 is 4.52 Å². The Labute approximate surface area is 174 Å². The number of nitrogens with zero attached hydrogens (tertiary/aromatic N) is 5. The topological polar surface area (TPSA) is 81.7 Å². The molecule has 2 aliphatic rings. The van der Waals surface area contributed by atoms with Gasteiger partial charge in [-0.1, -0.05) is 16.8 Å². The maximum absolute atomic E-state index is 6.21. The standard InChI is InChI=1S/C19H21ClN6O.ClH/c1-11-22-19(27-25-11)13-4-2-12(3-5-13)18-24-23-17-10-21-9-14-8-15(20)6-7-16(14)26(17)18;/h6-8,12-13,21H,2-5,9-10H2,1H3;1H. The number of benzene rings is 1. The highest BCUT2D eigenvalue weighted by Crippen LogP contribution is 2.40. The molecular formula is C19H22Cl2N6O. The van der Waals surface area contributed by atoms with E-state index in [9.17, 15) is 0 Å². The van der Waals surface area contributed by atoms with Gasteiger partial charge in [0.15, 0.2) is 11.6 Å². The van der Waals surface area contributed by atoms with Crippen molar-refractivity contribution >= 4 is 24.0 Å². The van der Waals surface area contributed by atoms with Crippen LogP contribution in [-0.4, -0.2) is 24.9 Å². The van der Waals surface area contributed by atoms with Gasteiger partial charge in [-0.15, -0.1) is 22.6 Å². The largest absolute Gasteiger partial charge is 0.339 e. The first kappa shape index (κ1) is 19.4. The molecule has 1 saturated carbocycles. The molecule has 1 aromatic carbocycles. The lowest BCUT2D eigenvalue weighted by Crippen LogP contribution is -2.17. The molecule has 9 heteroatoms. The van der Waals surface area contributed by atoms with Crippen molar-refractivity contribution in [2.45, 2.75) is 57.5 Å². The fourth-order valence-electron chi connectivity index (χ4n) is 4.27. The van der Waals surface area contributed by atoms with Gasteiger partial charge in [0.2, 0.25) is 5.89 Å². The van der Waals surface area contributed by atoms with Crippen LogP contribution in [0.25, 0.3) is 5.69 Å². The Hall–Kier alpha value is -1.96. The number of aryl methyl sites for hydroxylation is 1. The number of fused-ring (bicyclic) bond motifs is 3. The van der Waals surface area contributed by atoms with Crippen molar-refractivity contribution in [1.82, 2.24) is 30.2 Å². The number of hydrogen-bond donors (Lipinski definition) is 1. The van der Waals surface area contributed by atoms with Gasteiger partial charge in [0.05, 0.1) is 12.2 Å². The molecule has 28 heavy (non-hydrogen) atoms. The first-order valence-electron chi connectivity index (χ1n) is 9.43. The third-order valence-electron chi connectivity index (χ3n) is 5.62. The van der Waals surface area contributed by atoms with Crippen LogP contribution in [0.1, 0.15) is 66.4 Å². The Morgan fingerprint density at radius 3 is 2.64 bits per heavy atom. The minimum atomic E-state index is 0. The Morgan fingerprint density at radius 2 is 1.89 bits per heavy atom. The number of hydrogen-bond acceptors (Lipinski definition) is 6. The molecule has 1 N–H and O–H groups in total. The van der Waals surface area contributed by atoms with Gasteiger partial charge in [-0.2, -0.15) is 4.98 Å². The Balaban J connectivity index is 0.00000192. The van der Waals surface area contributed by atoms with Crippen molar-refractivity contribution in [2.24, 2.45) is 0 Å². The molecule has 0 saturated heterocycles. The lowest BCUT2D eigenvalue weighted by Gasteiger charge is -2.26. The molecule has 0 amide bonds. The van der Waals surface area contributed by atoms with Crippen LogP contribution in [0.4, 0.5) is 0 Å². The van der Waals surface area contributed by atoms with Crippen LogP contribution in [0.3, 0.4) is 0 Å². The first-order valence-corrected chi connectivity index (χ1v) is 9.81. The van der Waals surface area contributed by atoms with E-state index in [1.807, 2.05) is 19.1 Å². The quantitative estimate of drug-likeness (QED) is 0.672. The van der Waals surface area contributed by atoms with Gasteiger partial charge in [0, 0.05) is 23.4 Å². The van der Waals surface area contributed by atoms with Crippen molar-refractivity contribution in [1.29, 1.82) is 0 Å². The molecule has 0 radical (unpaired) electrons. The van der Waals surface area contributed by atoms with Crippen LogP contribution in [0, 0.1) is 6.92 Å². The second-order valence-corrected chi connectivity index (χ2v) is 7.85. The lowest BCUT2D eigenvalue weighted by molar-refractivity contribution is 0.295. The van der Waals surface area contributed by atoms with E-state index in [2.05, 4.69) is 36.3 Å². The van der Waals surface area contributed by atoms with Gasteiger partial charge in [-0.3, -0.25) is 4.57 Å². The summed E-state index contributed by atoms with van der Waals surface area (Å²) < 4.78 is 7.61. The van der Waals surface area contributed by atoms with Crippen LogP contribution < -0.4 is 5.32 Å². The lowest BCUT2D eigenvalue weighted by atomic mass is 9.81. The van der Waals surface area contributed by atoms with Crippen molar-refractivity contribution in [3.05, 3.63) is 52.1 Å². The molecule has 3 heterocycles. The summed E-state index contributed by atoms with van der Waals surface area (Å²) in [5, 5.41) is 17.2. The van der Waals surface area contributed by atoms with Gasteiger partial charge >= 0.3 is 0 Å². The molecule has 0 spiro atoms. The molecular weight excluding hydrogens is 399 g/mol. The van der Waals surface area contributed by atoms with Crippen molar-refractivity contribution in [3.63, 3.8) is 0 Å². The second-order valence-electron chi connectivity index (χ2n) is 7.41. The monoisotopic (exact) mass is 420 g/mol. The highest BCUT2D eigenvalue weighted by molar-refractivity contribution is 6.30. The number of nitrogens with one attached hydrogen (secondary N) is 1. The first-order chi connectivity index (χ1) is 13.2. The van der Waals surface area contributed by atoms with Crippen LogP contribution in [-0.2, 0) is 13.1 Å². The summed E-state index contributed by atoms with van der Waals surface area (Å²) in [6.07, 6.45) is 4.14. The van der Waals surface area contributed by atoms with E-state index in [1.165, 1.54) is 5.56 Å². The maximum Gasteiger partial charge on any atom is 0.229 e. The molecule has 148 valence electrons. The highest BCUT2D eigenvalue weighted by Gasteiger charge is 2.31. The summed E-state index contributed by atoms with van der Waals surface area (Å²) in [5.41, 5.74) is 2.31. The zero-order valence-corrected chi connectivity index (χ0v) is 17.1. The second kappa shape index (κ2) is 7.81. The number of rotatable bonds is 2. The van der Waals surface area contributed by atoms with Crippen LogP contribution in [0.5, 0.6) is 0 Å². The average molecular weight is 421 g/mol. The maximum atomic E-state index is 6.21. The van der Waals surface area contributed by atoms with Crippen LogP contribution in [0.2, 0.25) is 5.02 Å². The number of halogens is 2. The minimum absolute atomic E-state index is 0.